The predicted octanol–water partition coefficient (Wildman–Crippen LogP) is 3.65. The van der Waals surface area contributed by atoms with E-state index in [0.29, 0.717) is 13.2 Å². The Morgan fingerprint density at radius 1 is 1.35 bits per heavy atom. The average Bonchev–Trinajstić information content (AvgIpc) is 2.84. The molecule has 0 aliphatic carbocycles. The van der Waals surface area contributed by atoms with E-state index in [1.165, 1.54) is 5.56 Å². The van der Waals surface area contributed by atoms with Gasteiger partial charge >= 0.3 is 0 Å². The van der Waals surface area contributed by atoms with Crippen LogP contribution in [0.5, 0.6) is 0 Å². The molecule has 0 spiro atoms. The molecule has 4 heteroatoms. The molecule has 1 unspecified atom stereocenters. The summed E-state index contributed by atoms with van der Waals surface area (Å²) in [4.78, 5) is 12.4. The van der Waals surface area contributed by atoms with Gasteiger partial charge in [-0.25, -0.2) is 0 Å². The summed E-state index contributed by atoms with van der Waals surface area (Å²) >= 11 is 3.46. The molecule has 1 aromatic rings. The number of carbonyl (C=O) groups is 1. The van der Waals surface area contributed by atoms with Crippen molar-refractivity contribution in [3.63, 3.8) is 0 Å². The van der Waals surface area contributed by atoms with Crippen LogP contribution in [-0.2, 0) is 18.0 Å². The monoisotopic (exact) mass is 339 g/mol. The summed E-state index contributed by atoms with van der Waals surface area (Å²) in [6.07, 6.45) is 0.920. The van der Waals surface area contributed by atoms with Crippen LogP contribution < -0.4 is 5.32 Å². The molecule has 0 saturated heterocycles. The van der Waals surface area contributed by atoms with E-state index in [-0.39, 0.29) is 17.4 Å². The molecule has 20 heavy (non-hydrogen) atoms. The van der Waals surface area contributed by atoms with Gasteiger partial charge in [0.05, 0.1) is 13.2 Å². The number of hydrogen-bond acceptors (Lipinski definition) is 2. The first kappa shape index (κ1) is 15.5. The Morgan fingerprint density at radius 3 is 2.70 bits per heavy atom. The molecule has 0 aromatic heterocycles. The van der Waals surface area contributed by atoms with Gasteiger partial charge in [-0.1, -0.05) is 42.8 Å². The number of rotatable bonds is 4. The van der Waals surface area contributed by atoms with Crippen molar-refractivity contribution in [2.75, 3.05) is 5.33 Å². The summed E-state index contributed by atoms with van der Waals surface area (Å²) in [6.45, 7) is 7.72. The van der Waals surface area contributed by atoms with Crippen molar-refractivity contribution in [1.82, 2.24) is 5.32 Å². The quantitative estimate of drug-likeness (QED) is 0.850. The number of alkyl halides is 1. The minimum atomic E-state index is 0.000532. The van der Waals surface area contributed by atoms with E-state index >= 15 is 0 Å². The van der Waals surface area contributed by atoms with E-state index in [1.807, 2.05) is 18.2 Å². The third-order valence-corrected chi connectivity index (χ3v) is 4.19. The van der Waals surface area contributed by atoms with Crippen molar-refractivity contribution in [3.05, 3.63) is 34.9 Å². The Bertz CT molecular complexity index is 494. The maximum absolute atomic E-state index is 12.4. The van der Waals surface area contributed by atoms with Crippen molar-refractivity contribution >= 4 is 21.8 Å². The molecule has 3 nitrogen and oxygen atoms in total. The van der Waals surface area contributed by atoms with Gasteiger partial charge in [-0.15, -0.1) is 0 Å². The SMILES string of the molecule is CC(C)(C)C(CCBr)NC(=O)c1ccc2c(c1)COC2. The molecular formula is C16H22BrNO2. The van der Waals surface area contributed by atoms with Crippen LogP contribution in [0, 0.1) is 5.41 Å². The first-order valence-electron chi connectivity index (χ1n) is 6.98. The molecule has 0 bridgehead atoms. The fourth-order valence-electron chi connectivity index (χ4n) is 2.39. The standard InChI is InChI=1S/C16H22BrNO2/c1-16(2,3)14(6-7-17)18-15(19)11-4-5-12-9-20-10-13(12)8-11/h4-5,8,14H,6-7,9-10H2,1-3H3,(H,18,19). The second kappa shape index (κ2) is 6.27. The molecule has 0 saturated carbocycles. The highest BCUT2D eigenvalue weighted by molar-refractivity contribution is 9.09. The second-order valence-electron chi connectivity index (χ2n) is 6.35. The van der Waals surface area contributed by atoms with Gasteiger partial charge < -0.3 is 10.1 Å². The zero-order valence-corrected chi connectivity index (χ0v) is 13.9. The van der Waals surface area contributed by atoms with Gasteiger partial charge in [-0.2, -0.15) is 0 Å². The van der Waals surface area contributed by atoms with Crippen LogP contribution in [0.3, 0.4) is 0 Å². The van der Waals surface area contributed by atoms with Gasteiger partial charge in [0, 0.05) is 16.9 Å². The lowest BCUT2D eigenvalue weighted by Gasteiger charge is -2.31. The number of halogens is 1. The Morgan fingerprint density at radius 2 is 2.05 bits per heavy atom. The molecule has 110 valence electrons. The van der Waals surface area contributed by atoms with Crippen LogP contribution >= 0.6 is 15.9 Å². The van der Waals surface area contributed by atoms with E-state index < -0.39 is 0 Å². The number of fused-ring (bicyclic) bond motifs is 1. The largest absolute Gasteiger partial charge is 0.372 e. The van der Waals surface area contributed by atoms with E-state index in [0.717, 1.165) is 22.9 Å². The van der Waals surface area contributed by atoms with E-state index in [9.17, 15) is 4.79 Å². The third-order valence-electron chi connectivity index (χ3n) is 3.73. The highest BCUT2D eigenvalue weighted by atomic mass is 79.9. The van der Waals surface area contributed by atoms with Crippen LogP contribution in [0.15, 0.2) is 18.2 Å². The fraction of sp³-hybridized carbons (Fsp3) is 0.562. The third kappa shape index (κ3) is 3.61. The van der Waals surface area contributed by atoms with Gasteiger partial charge in [0.25, 0.3) is 5.91 Å². The Kier molecular flexibility index (Phi) is 4.86. The molecule has 1 atom stereocenters. The zero-order valence-electron chi connectivity index (χ0n) is 12.3. The molecular weight excluding hydrogens is 318 g/mol. The molecule has 1 aliphatic rings. The second-order valence-corrected chi connectivity index (χ2v) is 7.14. The van der Waals surface area contributed by atoms with Gasteiger partial charge in [0.1, 0.15) is 0 Å². The topological polar surface area (TPSA) is 38.3 Å². The van der Waals surface area contributed by atoms with Crippen molar-refractivity contribution < 1.29 is 9.53 Å². The molecule has 1 N–H and O–H groups in total. The van der Waals surface area contributed by atoms with Crippen LogP contribution in [0.4, 0.5) is 0 Å². The van der Waals surface area contributed by atoms with Gasteiger partial charge in [0.15, 0.2) is 0 Å². The van der Waals surface area contributed by atoms with Crippen LogP contribution in [0.1, 0.15) is 48.7 Å². The maximum atomic E-state index is 12.4. The molecule has 1 aromatic carbocycles. The van der Waals surface area contributed by atoms with Crippen LogP contribution in [0.2, 0.25) is 0 Å². The fourth-order valence-corrected chi connectivity index (χ4v) is 2.84. The molecule has 0 fully saturated rings. The van der Waals surface area contributed by atoms with E-state index in [4.69, 9.17) is 4.74 Å². The van der Waals surface area contributed by atoms with Gasteiger partial charge in [-0.3, -0.25) is 4.79 Å². The van der Waals surface area contributed by atoms with Gasteiger partial charge in [0.2, 0.25) is 0 Å². The minimum absolute atomic E-state index is 0.000532. The van der Waals surface area contributed by atoms with Crippen molar-refractivity contribution in [3.8, 4) is 0 Å². The lowest BCUT2D eigenvalue weighted by atomic mass is 9.85. The van der Waals surface area contributed by atoms with E-state index in [2.05, 4.69) is 42.0 Å². The summed E-state index contributed by atoms with van der Waals surface area (Å²) in [5.74, 6) is 0.000532. The average molecular weight is 340 g/mol. The zero-order chi connectivity index (χ0) is 14.8. The highest BCUT2D eigenvalue weighted by Gasteiger charge is 2.26. The predicted molar refractivity (Wildman–Crippen MR) is 84.1 cm³/mol. The summed E-state index contributed by atoms with van der Waals surface area (Å²) in [7, 11) is 0. The molecule has 2 rings (SSSR count). The Balaban J connectivity index is 2.11. The van der Waals surface area contributed by atoms with Crippen molar-refractivity contribution in [2.45, 2.75) is 46.4 Å². The smallest absolute Gasteiger partial charge is 0.251 e. The lowest BCUT2D eigenvalue weighted by molar-refractivity contribution is 0.0900. The first-order chi connectivity index (χ1) is 9.41. The number of benzene rings is 1. The Labute approximate surface area is 129 Å². The molecule has 0 radical (unpaired) electrons. The molecule has 1 aliphatic heterocycles. The minimum Gasteiger partial charge on any atom is -0.372 e. The molecule has 1 heterocycles. The summed E-state index contributed by atoms with van der Waals surface area (Å²) in [5, 5.41) is 4.04. The number of amides is 1. The number of carbonyl (C=O) groups excluding carboxylic acids is 1. The number of nitrogens with one attached hydrogen (secondary N) is 1. The van der Waals surface area contributed by atoms with Crippen LogP contribution in [0.25, 0.3) is 0 Å². The summed E-state index contributed by atoms with van der Waals surface area (Å²) in [5.41, 5.74) is 3.08. The maximum Gasteiger partial charge on any atom is 0.251 e. The summed E-state index contributed by atoms with van der Waals surface area (Å²) < 4.78 is 5.39. The van der Waals surface area contributed by atoms with Crippen LogP contribution in [-0.4, -0.2) is 17.3 Å². The highest BCUT2D eigenvalue weighted by Crippen LogP contribution is 2.24. The number of hydrogen-bond donors (Lipinski definition) is 1. The number of ether oxygens (including phenoxy) is 1. The normalized spacial score (nSPS) is 15.8. The van der Waals surface area contributed by atoms with E-state index in [1.54, 1.807) is 0 Å². The van der Waals surface area contributed by atoms with Gasteiger partial charge in [-0.05, 0) is 35.1 Å². The van der Waals surface area contributed by atoms with Crippen molar-refractivity contribution in [2.24, 2.45) is 5.41 Å². The van der Waals surface area contributed by atoms with Crippen molar-refractivity contribution in [1.29, 1.82) is 0 Å². The Hall–Kier alpha value is -0.870. The summed E-state index contributed by atoms with van der Waals surface area (Å²) in [6, 6.07) is 5.98. The lowest BCUT2D eigenvalue weighted by Crippen LogP contribution is -2.44. The molecule has 1 amide bonds. The first-order valence-corrected chi connectivity index (χ1v) is 8.10.